The summed E-state index contributed by atoms with van der Waals surface area (Å²) in [6, 6.07) is 11.2. The summed E-state index contributed by atoms with van der Waals surface area (Å²) in [6.07, 6.45) is 0.0149. The Morgan fingerprint density at radius 3 is 2.67 bits per heavy atom. The number of hydrogen-bond acceptors (Lipinski definition) is 4. The van der Waals surface area contributed by atoms with Crippen molar-refractivity contribution in [2.75, 3.05) is 12.1 Å². The minimum Gasteiger partial charge on any atom is -0.481 e. The molecule has 1 atom stereocenters. The molecule has 0 saturated heterocycles. The highest BCUT2D eigenvalue weighted by molar-refractivity contribution is 5.94. The fourth-order valence-electron chi connectivity index (χ4n) is 2.47. The first kappa shape index (κ1) is 16.2. The maximum absolute atomic E-state index is 12.5. The van der Waals surface area contributed by atoms with Crippen LogP contribution in [0.4, 0.5) is 5.69 Å². The molecule has 0 saturated carbocycles. The van der Waals surface area contributed by atoms with Crippen molar-refractivity contribution >= 4 is 11.6 Å². The highest BCUT2D eigenvalue weighted by Crippen LogP contribution is 2.34. The fourth-order valence-corrected chi connectivity index (χ4v) is 2.47. The number of aryl methyl sites for hydroxylation is 2. The van der Waals surface area contributed by atoms with Crippen LogP contribution in [-0.2, 0) is 4.79 Å². The Kier molecular flexibility index (Phi) is 4.60. The van der Waals surface area contributed by atoms with Crippen LogP contribution in [0.1, 0.15) is 24.5 Å². The van der Waals surface area contributed by atoms with Crippen LogP contribution in [0.3, 0.4) is 0 Å². The second-order valence-corrected chi connectivity index (χ2v) is 5.82. The van der Waals surface area contributed by atoms with Gasteiger partial charge in [0.05, 0.1) is 0 Å². The van der Waals surface area contributed by atoms with E-state index in [1.165, 1.54) is 5.56 Å². The average Bonchev–Trinajstić information content (AvgIpc) is 3.03. The van der Waals surface area contributed by atoms with Crippen LogP contribution in [0.25, 0.3) is 0 Å². The summed E-state index contributed by atoms with van der Waals surface area (Å²) in [4.78, 5) is 12.5. The predicted octanol–water partition coefficient (Wildman–Crippen LogP) is 3.83. The average molecular weight is 327 g/mol. The second kappa shape index (κ2) is 6.83. The number of carbonyl (C=O) groups is 1. The smallest absolute Gasteiger partial charge is 0.265 e. The van der Waals surface area contributed by atoms with Crippen LogP contribution in [0, 0.1) is 13.8 Å². The molecule has 1 aliphatic rings. The van der Waals surface area contributed by atoms with E-state index in [9.17, 15) is 4.79 Å². The monoisotopic (exact) mass is 327 g/mol. The molecule has 1 N–H and O–H groups in total. The third-order valence-electron chi connectivity index (χ3n) is 4.06. The maximum Gasteiger partial charge on any atom is 0.265 e. The Hall–Kier alpha value is -2.69. The topological polar surface area (TPSA) is 56.8 Å². The van der Waals surface area contributed by atoms with E-state index in [1.54, 1.807) is 18.2 Å². The van der Waals surface area contributed by atoms with Gasteiger partial charge in [-0.25, -0.2) is 0 Å². The molecule has 0 unspecified atom stereocenters. The van der Waals surface area contributed by atoms with Crippen molar-refractivity contribution < 1.29 is 19.0 Å². The zero-order chi connectivity index (χ0) is 17.1. The molecular formula is C19H21NO4. The van der Waals surface area contributed by atoms with E-state index in [2.05, 4.69) is 5.32 Å². The first-order chi connectivity index (χ1) is 11.6. The number of anilines is 1. The van der Waals surface area contributed by atoms with E-state index in [1.807, 2.05) is 39.0 Å². The molecule has 24 heavy (non-hydrogen) atoms. The van der Waals surface area contributed by atoms with Crippen molar-refractivity contribution in [2.24, 2.45) is 0 Å². The summed E-state index contributed by atoms with van der Waals surface area (Å²) in [5.74, 6) is 1.84. The predicted molar refractivity (Wildman–Crippen MR) is 91.8 cm³/mol. The van der Waals surface area contributed by atoms with Crippen LogP contribution in [-0.4, -0.2) is 18.8 Å². The Balaban J connectivity index is 1.68. The quantitative estimate of drug-likeness (QED) is 0.907. The van der Waals surface area contributed by atoms with Crippen molar-refractivity contribution in [1.29, 1.82) is 0 Å². The van der Waals surface area contributed by atoms with Gasteiger partial charge in [-0.05, 0) is 55.7 Å². The summed E-state index contributed by atoms with van der Waals surface area (Å²) < 4.78 is 16.4. The molecule has 0 bridgehead atoms. The van der Waals surface area contributed by atoms with Gasteiger partial charge in [-0.3, -0.25) is 4.79 Å². The van der Waals surface area contributed by atoms with E-state index in [4.69, 9.17) is 14.2 Å². The lowest BCUT2D eigenvalue weighted by Crippen LogP contribution is -2.32. The zero-order valence-corrected chi connectivity index (χ0v) is 14.1. The maximum atomic E-state index is 12.5. The van der Waals surface area contributed by atoms with E-state index < -0.39 is 6.10 Å². The van der Waals surface area contributed by atoms with Gasteiger partial charge >= 0.3 is 0 Å². The van der Waals surface area contributed by atoms with Crippen LogP contribution in [0.5, 0.6) is 17.2 Å². The lowest BCUT2D eigenvalue weighted by molar-refractivity contribution is -0.122. The minimum atomic E-state index is -0.558. The van der Waals surface area contributed by atoms with Gasteiger partial charge in [0.15, 0.2) is 17.6 Å². The summed E-state index contributed by atoms with van der Waals surface area (Å²) in [6.45, 7) is 6.20. The van der Waals surface area contributed by atoms with E-state index in [-0.39, 0.29) is 12.7 Å². The van der Waals surface area contributed by atoms with Crippen LogP contribution in [0.15, 0.2) is 36.4 Å². The summed E-state index contributed by atoms with van der Waals surface area (Å²) in [5, 5.41) is 2.87. The summed E-state index contributed by atoms with van der Waals surface area (Å²) >= 11 is 0. The van der Waals surface area contributed by atoms with E-state index >= 15 is 0 Å². The van der Waals surface area contributed by atoms with Crippen LogP contribution < -0.4 is 19.5 Å². The standard InChI is InChI=1S/C19H21NO4/c1-4-16(24-15-7-5-12(2)13(3)9-15)19(21)20-14-6-8-17-18(10-14)23-11-22-17/h5-10,16H,4,11H2,1-3H3,(H,20,21)/t16-/m0/s1. The molecule has 5 heteroatoms. The molecular weight excluding hydrogens is 306 g/mol. The Morgan fingerprint density at radius 2 is 1.92 bits per heavy atom. The summed E-state index contributed by atoms with van der Waals surface area (Å²) in [5.41, 5.74) is 2.99. The largest absolute Gasteiger partial charge is 0.481 e. The van der Waals surface area contributed by atoms with Crippen molar-refractivity contribution in [2.45, 2.75) is 33.3 Å². The molecule has 2 aromatic rings. The van der Waals surface area contributed by atoms with Crippen molar-refractivity contribution in [3.8, 4) is 17.2 Å². The van der Waals surface area contributed by atoms with Crippen molar-refractivity contribution in [3.63, 3.8) is 0 Å². The third kappa shape index (κ3) is 3.45. The highest BCUT2D eigenvalue weighted by atomic mass is 16.7. The van der Waals surface area contributed by atoms with Gasteiger partial charge in [0, 0.05) is 11.8 Å². The second-order valence-electron chi connectivity index (χ2n) is 5.82. The van der Waals surface area contributed by atoms with Gasteiger partial charge in [-0.15, -0.1) is 0 Å². The number of hydrogen-bond donors (Lipinski definition) is 1. The molecule has 1 heterocycles. The first-order valence-corrected chi connectivity index (χ1v) is 8.01. The van der Waals surface area contributed by atoms with Crippen LogP contribution >= 0.6 is 0 Å². The van der Waals surface area contributed by atoms with E-state index in [0.29, 0.717) is 29.4 Å². The number of ether oxygens (including phenoxy) is 3. The van der Waals surface area contributed by atoms with Gasteiger partial charge in [0.25, 0.3) is 5.91 Å². The fraction of sp³-hybridized carbons (Fsp3) is 0.316. The van der Waals surface area contributed by atoms with Gasteiger partial charge in [0.2, 0.25) is 6.79 Å². The molecule has 0 aromatic heterocycles. The molecule has 126 valence electrons. The third-order valence-corrected chi connectivity index (χ3v) is 4.06. The molecule has 3 rings (SSSR count). The SMILES string of the molecule is CC[C@H](Oc1ccc(C)c(C)c1)C(=O)Nc1ccc2c(c1)OCO2. The lowest BCUT2D eigenvalue weighted by atomic mass is 10.1. The van der Waals surface area contributed by atoms with Gasteiger partial charge in [0.1, 0.15) is 5.75 Å². The highest BCUT2D eigenvalue weighted by Gasteiger charge is 2.20. The summed E-state index contributed by atoms with van der Waals surface area (Å²) in [7, 11) is 0. The van der Waals surface area contributed by atoms with Gasteiger partial charge in [-0.2, -0.15) is 0 Å². The molecule has 0 aliphatic carbocycles. The normalized spacial score (nSPS) is 13.5. The number of nitrogens with one attached hydrogen (secondary N) is 1. The van der Waals surface area contributed by atoms with Crippen LogP contribution in [0.2, 0.25) is 0 Å². The number of fused-ring (bicyclic) bond motifs is 1. The Bertz CT molecular complexity index is 757. The number of rotatable bonds is 5. The molecule has 0 radical (unpaired) electrons. The van der Waals surface area contributed by atoms with Crippen molar-refractivity contribution in [3.05, 3.63) is 47.5 Å². The van der Waals surface area contributed by atoms with Crippen molar-refractivity contribution in [1.82, 2.24) is 0 Å². The zero-order valence-electron chi connectivity index (χ0n) is 14.1. The molecule has 0 fully saturated rings. The molecule has 1 amide bonds. The molecule has 2 aromatic carbocycles. The Labute approximate surface area is 141 Å². The minimum absolute atomic E-state index is 0.186. The Morgan fingerprint density at radius 1 is 1.12 bits per heavy atom. The molecule has 5 nitrogen and oxygen atoms in total. The number of amides is 1. The first-order valence-electron chi connectivity index (χ1n) is 8.01. The molecule has 1 aliphatic heterocycles. The van der Waals surface area contributed by atoms with Gasteiger partial charge < -0.3 is 19.5 Å². The molecule has 0 spiro atoms. The van der Waals surface area contributed by atoms with E-state index in [0.717, 1.165) is 5.56 Å². The lowest BCUT2D eigenvalue weighted by Gasteiger charge is -2.18. The number of benzene rings is 2. The van der Waals surface area contributed by atoms with Gasteiger partial charge in [-0.1, -0.05) is 13.0 Å². The number of carbonyl (C=O) groups excluding carboxylic acids is 1.